The number of halogens is 1. The maximum atomic E-state index is 12.8. The number of hydrogen-bond acceptors (Lipinski definition) is 6. The highest BCUT2D eigenvalue weighted by Crippen LogP contribution is 2.37. The fourth-order valence-corrected chi connectivity index (χ4v) is 4.98. The number of imide groups is 1. The standard InChI is InChI=1S/C18H15ClN2O4S2/c1-8-9(2)26-17(12(8)15(22)21-18(24)25-3)20-16(23)14-13(19)10-6-4-5-7-11(10)27-14/h4-7H,1-3H3,(H,20,23)(H,21,22,24). The monoisotopic (exact) mass is 422 g/mol. The molecule has 3 amide bonds. The smallest absolute Gasteiger partial charge is 0.413 e. The number of anilines is 1. The van der Waals surface area contributed by atoms with E-state index in [0.717, 1.165) is 15.0 Å². The SMILES string of the molecule is COC(=O)NC(=O)c1c(NC(=O)c2sc3ccccc3c2Cl)sc(C)c1C. The number of methoxy groups -OCH3 is 1. The van der Waals surface area contributed by atoms with E-state index in [4.69, 9.17) is 11.6 Å². The zero-order valence-corrected chi connectivity index (χ0v) is 17.0. The Morgan fingerprint density at radius 1 is 1.07 bits per heavy atom. The van der Waals surface area contributed by atoms with Gasteiger partial charge in [0.25, 0.3) is 11.8 Å². The van der Waals surface area contributed by atoms with Crippen molar-refractivity contribution in [2.45, 2.75) is 13.8 Å². The Balaban J connectivity index is 1.94. The van der Waals surface area contributed by atoms with Crippen LogP contribution in [0.15, 0.2) is 24.3 Å². The molecule has 3 aromatic rings. The molecule has 0 fully saturated rings. The van der Waals surface area contributed by atoms with Crippen LogP contribution in [-0.2, 0) is 4.74 Å². The molecule has 0 radical (unpaired) electrons. The fourth-order valence-electron chi connectivity index (χ4n) is 2.51. The van der Waals surface area contributed by atoms with E-state index in [0.29, 0.717) is 20.5 Å². The number of benzene rings is 1. The number of fused-ring (bicyclic) bond motifs is 1. The first-order chi connectivity index (χ1) is 12.8. The van der Waals surface area contributed by atoms with E-state index in [1.165, 1.54) is 29.8 Å². The van der Waals surface area contributed by atoms with Crippen LogP contribution >= 0.6 is 34.3 Å². The molecule has 0 aliphatic carbocycles. The molecule has 27 heavy (non-hydrogen) atoms. The fraction of sp³-hybridized carbons (Fsp3) is 0.167. The maximum Gasteiger partial charge on any atom is 0.413 e. The van der Waals surface area contributed by atoms with Crippen molar-refractivity contribution in [1.29, 1.82) is 0 Å². The Morgan fingerprint density at radius 2 is 1.78 bits per heavy atom. The highest BCUT2D eigenvalue weighted by atomic mass is 35.5. The summed E-state index contributed by atoms with van der Waals surface area (Å²) in [5, 5.41) is 6.40. The maximum absolute atomic E-state index is 12.8. The molecule has 0 bridgehead atoms. The van der Waals surface area contributed by atoms with Gasteiger partial charge in [-0.15, -0.1) is 22.7 Å². The molecule has 9 heteroatoms. The second-order valence-corrected chi connectivity index (χ2v) is 8.28. The van der Waals surface area contributed by atoms with Crippen LogP contribution < -0.4 is 10.6 Å². The van der Waals surface area contributed by atoms with Crippen molar-refractivity contribution in [3.63, 3.8) is 0 Å². The summed E-state index contributed by atoms with van der Waals surface area (Å²) in [4.78, 5) is 37.8. The predicted molar refractivity (Wildman–Crippen MR) is 108 cm³/mol. The van der Waals surface area contributed by atoms with Gasteiger partial charge in [0, 0.05) is 15.0 Å². The number of amides is 3. The first-order valence-electron chi connectivity index (χ1n) is 7.81. The average molecular weight is 423 g/mol. The minimum atomic E-state index is -0.868. The molecule has 0 atom stereocenters. The quantitative estimate of drug-likeness (QED) is 0.623. The van der Waals surface area contributed by atoms with E-state index in [9.17, 15) is 14.4 Å². The summed E-state index contributed by atoms with van der Waals surface area (Å²) < 4.78 is 5.36. The number of alkyl carbamates (subject to hydrolysis) is 1. The molecule has 0 aliphatic heterocycles. The van der Waals surface area contributed by atoms with Crippen molar-refractivity contribution in [3.8, 4) is 0 Å². The van der Waals surface area contributed by atoms with Gasteiger partial charge < -0.3 is 10.1 Å². The normalized spacial score (nSPS) is 10.7. The Kier molecular flexibility index (Phi) is 5.50. The Hall–Kier alpha value is -2.42. The highest BCUT2D eigenvalue weighted by molar-refractivity contribution is 7.22. The van der Waals surface area contributed by atoms with Crippen LogP contribution in [0.5, 0.6) is 0 Å². The summed E-state index contributed by atoms with van der Waals surface area (Å²) in [6.07, 6.45) is -0.868. The number of aryl methyl sites for hydroxylation is 1. The Bertz CT molecular complexity index is 1070. The van der Waals surface area contributed by atoms with Gasteiger partial charge in [-0.25, -0.2) is 4.79 Å². The third kappa shape index (κ3) is 3.69. The largest absolute Gasteiger partial charge is 0.453 e. The molecule has 3 rings (SSSR count). The van der Waals surface area contributed by atoms with Crippen LogP contribution in [-0.4, -0.2) is 25.0 Å². The van der Waals surface area contributed by atoms with Gasteiger partial charge in [-0.1, -0.05) is 29.8 Å². The van der Waals surface area contributed by atoms with Gasteiger partial charge in [-0.05, 0) is 25.5 Å². The molecule has 0 saturated carbocycles. The average Bonchev–Trinajstić information content (AvgIpc) is 3.12. The molecular weight excluding hydrogens is 408 g/mol. The summed E-state index contributed by atoms with van der Waals surface area (Å²) in [7, 11) is 1.17. The second-order valence-electron chi connectivity index (χ2n) is 5.63. The number of ether oxygens (including phenoxy) is 1. The van der Waals surface area contributed by atoms with E-state index in [2.05, 4.69) is 15.4 Å². The van der Waals surface area contributed by atoms with E-state index in [1.807, 2.05) is 31.2 Å². The van der Waals surface area contributed by atoms with Crippen LogP contribution in [0.4, 0.5) is 9.80 Å². The first kappa shape index (κ1) is 19.3. The predicted octanol–water partition coefficient (Wildman–Crippen LogP) is 4.98. The van der Waals surface area contributed by atoms with Gasteiger partial charge in [0.1, 0.15) is 9.88 Å². The van der Waals surface area contributed by atoms with Gasteiger partial charge in [-0.3, -0.25) is 14.9 Å². The van der Waals surface area contributed by atoms with Crippen LogP contribution in [0.25, 0.3) is 10.1 Å². The van der Waals surface area contributed by atoms with Gasteiger partial charge in [-0.2, -0.15) is 0 Å². The molecule has 140 valence electrons. The first-order valence-corrected chi connectivity index (χ1v) is 9.82. The number of rotatable bonds is 3. The molecule has 2 N–H and O–H groups in total. The summed E-state index contributed by atoms with van der Waals surface area (Å²) in [6, 6.07) is 7.46. The summed E-state index contributed by atoms with van der Waals surface area (Å²) in [5.41, 5.74) is 0.910. The number of carbonyl (C=O) groups excluding carboxylic acids is 3. The lowest BCUT2D eigenvalue weighted by Gasteiger charge is -2.07. The van der Waals surface area contributed by atoms with Crippen molar-refractivity contribution in [1.82, 2.24) is 5.32 Å². The lowest BCUT2D eigenvalue weighted by Crippen LogP contribution is -2.31. The van der Waals surface area contributed by atoms with E-state index >= 15 is 0 Å². The molecule has 1 aromatic carbocycles. The highest BCUT2D eigenvalue weighted by Gasteiger charge is 2.24. The van der Waals surface area contributed by atoms with Crippen molar-refractivity contribution < 1.29 is 19.1 Å². The van der Waals surface area contributed by atoms with Crippen LogP contribution in [0.1, 0.15) is 30.5 Å². The van der Waals surface area contributed by atoms with Gasteiger partial charge in [0.15, 0.2) is 0 Å². The van der Waals surface area contributed by atoms with Crippen molar-refractivity contribution in [2.24, 2.45) is 0 Å². The molecule has 2 aromatic heterocycles. The third-order valence-corrected chi connectivity index (χ3v) is 6.78. The molecule has 0 unspecified atom stereocenters. The number of hydrogen-bond donors (Lipinski definition) is 2. The van der Waals surface area contributed by atoms with E-state index < -0.39 is 17.9 Å². The molecule has 0 aliphatic rings. The topological polar surface area (TPSA) is 84.5 Å². The van der Waals surface area contributed by atoms with Gasteiger partial charge >= 0.3 is 6.09 Å². The Labute approximate surface area is 168 Å². The molecule has 2 heterocycles. The molecule has 0 spiro atoms. The van der Waals surface area contributed by atoms with Crippen molar-refractivity contribution >= 4 is 67.3 Å². The molecular formula is C18H15ClN2O4S2. The lowest BCUT2D eigenvalue weighted by atomic mass is 10.1. The number of carbonyl (C=O) groups is 3. The zero-order valence-electron chi connectivity index (χ0n) is 14.6. The second kappa shape index (κ2) is 7.67. The zero-order chi connectivity index (χ0) is 19.7. The van der Waals surface area contributed by atoms with Crippen molar-refractivity contribution in [2.75, 3.05) is 12.4 Å². The van der Waals surface area contributed by atoms with Crippen LogP contribution in [0.3, 0.4) is 0 Å². The molecule has 6 nitrogen and oxygen atoms in total. The van der Waals surface area contributed by atoms with E-state index in [1.54, 1.807) is 6.92 Å². The van der Waals surface area contributed by atoms with Gasteiger partial charge in [0.2, 0.25) is 0 Å². The van der Waals surface area contributed by atoms with Crippen LogP contribution in [0, 0.1) is 13.8 Å². The minimum absolute atomic E-state index is 0.230. The molecule has 0 saturated heterocycles. The van der Waals surface area contributed by atoms with Crippen LogP contribution in [0.2, 0.25) is 5.02 Å². The summed E-state index contributed by atoms with van der Waals surface area (Å²) >= 11 is 8.89. The lowest BCUT2D eigenvalue weighted by molar-refractivity contribution is 0.0937. The van der Waals surface area contributed by atoms with Crippen molar-refractivity contribution in [3.05, 3.63) is 50.2 Å². The number of thiophene rings is 2. The Morgan fingerprint density at radius 3 is 2.44 bits per heavy atom. The number of nitrogens with one attached hydrogen (secondary N) is 2. The third-order valence-electron chi connectivity index (χ3n) is 3.98. The van der Waals surface area contributed by atoms with E-state index in [-0.39, 0.29) is 5.56 Å². The van der Waals surface area contributed by atoms with Gasteiger partial charge in [0.05, 0.1) is 17.7 Å². The summed E-state index contributed by atoms with van der Waals surface area (Å²) in [6.45, 7) is 3.58. The summed E-state index contributed by atoms with van der Waals surface area (Å²) in [5.74, 6) is -1.05. The minimum Gasteiger partial charge on any atom is -0.453 e.